The van der Waals surface area contributed by atoms with Gasteiger partial charge >= 0.3 is 0 Å². The minimum absolute atomic E-state index is 0.107. The zero-order valence-corrected chi connectivity index (χ0v) is 26.3. The van der Waals surface area contributed by atoms with Gasteiger partial charge in [0.2, 0.25) is 0 Å². The van der Waals surface area contributed by atoms with E-state index >= 15 is 0 Å². The van der Waals surface area contributed by atoms with Gasteiger partial charge in [0, 0.05) is 51.5 Å². The minimum atomic E-state index is -0.149. The third-order valence-electron chi connectivity index (χ3n) is 7.75. The van der Waals surface area contributed by atoms with Crippen LogP contribution in [0.25, 0.3) is 33.2 Å². The largest absolute Gasteiger partial charge is 0.490 e. The van der Waals surface area contributed by atoms with Gasteiger partial charge in [-0.2, -0.15) is 0 Å². The molecular weight excluding hydrogens is 591 g/mol. The summed E-state index contributed by atoms with van der Waals surface area (Å²) in [6, 6.07) is 29.2. The average Bonchev–Trinajstić information content (AvgIpc) is 3.45. The van der Waals surface area contributed by atoms with E-state index in [1.54, 1.807) is 12.1 Å². The van der Waals surface area contributed by atoms with Gasteiger partial charge in [-0.05, 0) is 77.9 Å². The summed E-state index contributed by atoms with van der Waals surface area (Å²) in [6.45, 7) is 1.62. The molecule has 0 aliphatic heterocycles. The summed E-state index contributed by atoms with van der Waals surface area (Å²) in [5.41, 5.74) is 4.88. The van der Waals surface area contributed by atoms with E-state index in [-0.39, 0.29) is 19.1 Å². The Morgan fingerprint density at radius 3 is 2.05 bits per heavy atom. The number of para-hydroxylation sites is 1. The Labute approximate surface area is 269 Å². The second-order valence-corrected chi connectivity index (χ2v) is 11.8. The van der Waals surface area contributed by atoms with Gasteiger partial charge in [-0.1, -0.05) is 91.3 Å². The molecule has 1 heterocycles. The first kappa shape index (κ1) is 31.6. The topological polar surface area (TPSA) is 63.5 Å². The molecule has 0 saturated heterocycles. The van der Waals surface area contributed by atoms with Crippen molar-refractivity contribution in [2.24, 2.45) is 0 Å². The molecular formula is C37H38Cl2N2O3. The number of aromatic nitrogens is 1. The highest BCUT2D eigenvalue weighted by atomic mass is 35.5. The number of halogens is 2. The lowest BCUT2D eigenvalue weighted by Crippen LogP contribution is -2.24. The van der Waals surface area contributed by atoms with E-state index < -0.39 is 0 Å². The molecule has 228 valence electrons. The molecule has 0 atom stereocenters. The van der Waals surface area contributed by atoms with Crippen molar-refractivity contribution in [1.82, 2.24) is 9.88 Å². The highest BCUT2D eigenvalue weighted by Gasteiger charge is 2.19. The molecule has 0 aliphatic carbocycles. The number of amides is 1. The molecule has 0 unspecified atom stereocenters. The number of carbonyl (C=O) groups excluding carboxylic acids is 1. The van der Waals surface area contributed by atoms with Crippen LogP contribution in [0.5, 0.6) is 5.75 Å². The number of nitrogens with zero attached hydrogens (tertiary/aromatic N) is 1. The fourth-order valence-electron chi connectivity index (χ4n) is 5.56. The molecule has 2 N–H and O–H groups in total. The van der Waals surface area contributed by atoms with E-state index in [1.165, 1.54) is 23.7 Å². The van der Waals surface area contributed by atoms with Crippen molar-refractivity contribution in [3.8, 4) is 28.0 Å². The number of ether oxygens (including phenoxy) is 1. The third-order valence-corrected chi connectivity index (χ3v) is 8.22. The van der Waals surface area contributed by atoms with Gasteiger partial charge in [0.1, 0.15) is 12.4 Å². The summed E-state index contributed by atoms with van der Waals surface area (Å²) < 4.78 is 8.40. The lowest BCUT2D eigenvalue weighted by atomic mass is 9.94. The predicted molar refractivity (Wildman–Crippen MR) is 182 cm³/mol. The van der Waals surface area contributed by atoms with Gasteiger partial charge in [0.05, 0.1) is 6.61 Å². The van der Waals surface area contributed by atoms with Gasteiger partial charge in [0.25, 0.3) is 5.91 Å². The fourth-order valence-corrected chi connectivity index (χ4v) is 5.94. The SMILES string of the molecule is O=C(NCCCCCCCCn1ccc2ccccc21)c1cc(-c2cccc(Cl)c2)c(OCCO)c(-c2cccc(Cl)c2)c1. The highest BCUT2D eigenvalue weighted by molar-refractivity contribution is 6.31. The van der Waals surface area contributed by atoms with Crippen molar-refractivity contribution in [3.63, 3.8) is 0 Å². The van der Waals surface area contributed by atoms with Crippen LogP contribution in [0.4, 0.5) is 0 Å². The lowest BCUT2D eigenvalue weighted by Gasteiger charge is -2.19. The van der Waals surface area contributed by atoms with E-state index in [1.807, 2.05) is 48.5 Å². The second-order valence-electron chi connectivity index (χ2n) is 10.9. The van der Waals surface area contributed by atoms with E-state index in [9.17, 15) is 9.90 Å². The van der Waals surface area contributed by atoms with Gasteiger partial charge < -0.3 is 19.7 Å². The van der Waals surface area contributed by atoms with E-state index in [0.29, 0.717) is 27.9 Å². The standard InChI is InChI=1S/C37H38Cl2N2O3/c38-31-14-9-12-28(23-31)33-25-30(26-34(36(33)44-22-21-42)29-13-10-15-32(39)24-29)37(43)40-18-7-3-1-2-4-8-19-41-20-17-27-11-5-6-16-35(27)41/h5-6,9-17,20,23-26,42H,1-4,7-8,18-19,21-22H2,(H,40,43). The Kier molecular flexibility index (Phi) is 11.4. The van der Waals surface area contributed by atoms with E-state index in [0.717, 1.165) is 54.5 Å². The number of rotatable bonds is 15. The molecule has 0 radical (unpaired) electrons. The number of unbranched alkanes of at least 4 members (excludes halogenated alkanes) is 5. The predicted octanol–water partition coefficient (Wildman–Crippen LogP) is 9.42. The highest BCUT2D eigenvalue weighted by Crippen LogP contribution is 2.41. The van der Waals surface area contributed by atoms with Crippen LogP contribution < -0.4 is 10.1 Å². The van der Waals surface area contributed by atoms with Crippen molar-refractivity contribution >= 4 is 40.0 Å². The monoisotopic (exact) mass is 628 g/mol. The molecule has 5 rings (SSSR count). The molecule has 1 aromatic heterocycles. The molecule has 4 aromatic carbocycles. The number of aryl methyl sites for hydroxylation is 1. The molecule has 5 nitrogen and oxygen atoms in total. The summed E-state index contributed by atoms with van der Waals surface area (Å²) in [5, 5.41) is 15.1. The maximum atomic E-state index is 13.4. The van der Waals surface area contributed by atoms with Crippen molar-refractivity contribution in [2.75, 3.05) is 19.8 Å². The number of hydrogen-bond donors (Lipinski definition) is 2. The molecule has 0 saturated carbocycles. The van der Waals surface area contributed by atoms with Crippen molar-refractivity contribution in [3.05, 3.63) is 113 Å². The van der Waals surface area contributed by atoms with Crippen molar-refractivity contribution < 1.29 is 14.6 Å². The number of carbonyl (C=O) groups is 1. The first-order valence-electron chi connectivity index (χ1n) is 15.3. The van der Waals surface area contributed by atoms with Gasteiger partial charge in [-0.3, -0.25) is 4.79 Å². The van der Waals surface area contributed by atoms with Crippen LogP contribution in [0, 0.1) is 0 Å². The Balaban J connectivity index is 1.19. The molecule has 0 fully saturated rings. The van der Waals surface area contributed by atoms with Crippen molar-refractivity contribution in [2.45, 2.75) is 45.1 Å². The Bertz CT molecular complexity index is 1630. The van der Waals surface area contributed by atoms with E-state index in [2.05, 4.69) is 46.4 Å². The molecule has 7 heteroatoms. The second kappa shape index (κ2) is 15.8. The van der Waals surface area contributed by atoms with Gasteiger partial charge in [-0.25, -0.2) is 0 Å². The molecule has 44 heavy (non-hydrogen) atoms. The van der Waals surface area contributed by atoms with Crippen LogP contribution in [0.3, 0.4) is 0 Å². The molecule has 5 aromatic rings. The Morgan fingerprint density at radius 2 is 1.39 bits per heavy atom. The normalized spacial score (nSPS) is 11.2. The van der Waals surface area contributed by atoms with Crippen LogP contribution >= 0.6 is 23.2 Å². The number of nitrogens with one attached hydrogen (secondary N) is 1. The summed E-state index contributed by atoms with van der Waals surface area (Å²) in [5.74, 6) is 0.411. The first-order valence-corrected chi connectivity index (χ1v) is 16.0. The Morgan fingerprint density at radius 1 is 0.750 bits per heavy atom. The van der Waals surface area contributed by atoms with Crippen LogP contribution in [0.15, 0.2) is 97.2 Å². The lowest BCUT2D eigenvalue weighted by molar-refractivity contribution is 0.0953. The smallest absolute Gasteiger partial charge is 0.251 e. The quantitative estimate of drug-likeness (QED) is 0.113. The van der Waals surface area contributed by atoms with Gasteiger partial charge in [-0.15, -0.1) is 0 Å². The van der Waals surface area contributed by atoms with Gasteiger partial charge in [0.15, 0.2) is 0 Å². The zero-order chi connectivity index (χ0) is 30.7. The number of aliphatic hydroxyl groups excluding tert-OH is 1. The third kappa shape index (κ3) is 8.23. The zero-order valence-electron chi connectivity index (χ0n) is 24.8. The maximum absolute atomic E-state index is 13.4. The molecule has 0 spiro atoms. The fraction of sp³-hybridized carbons (Fsp3) is 0.270. The number of benzene rings is 4. The van der Waals surface area contributed by atoms with E-state index in [4.69, 9.17) is 27.9 Å². The molecule has 0 bridgehead atoms. The first-order chi connectivity index (χ1) is 21.5. The summed E-state index contributed by atoms with van der Waals surface area (Å²) >= 11 is 12.7. The Hall–Kier alpha value is -3.77. The maximum Gasteiger partial charge on any atom is 0.251 e. The minimum Gasteiger partial charge on any atom is -0.490 e. The number of hydrogen-bond acceptors (Lipinski definition) is 3. The van der Waals surface area contributed by atoms with Crippen LogP contribution in [-0.2, 0) is 6.54 Å². The summed E-state index contributed by atoms with van der Waals surface area (Å²) in [7, 11) is 0. The van der Waals surface area contributed by atoms with Crippen molar-refractivity contribution in [1.29, 1.82) is 0 Å². The van der Waals surface area contributed by atoms with Crippen LogP contribution in [-0.4, -0.2) is 35.3 Å². The molecule has 0 aliphatic rings. The average molecular weight is 630 g/mol. The number of aliphatic hydroxyl groups is 1. The summed E-state index contributed by atoms with van der Waals surface area (Å²) in [4.78, 5) is 13.4. The van der Waals surface area contributed by atoms with Crippen LogP contribution in [0.1, 0.15) is 48.9 Å². The number of fused-ring (bicyclic) bond motifs is 1. The summed E-state index contributed by atoms with van der Waals surface area (Å²) in [6.07, 6.45) is 8.88. The molecule has 1 amide bonds. The van der Waals surface area contributed by atoms with Crippen LogP contribution in [0.2, 0.25) is 10.0 Å².